The zero-order valence-corrected chi connectivity index (χ0v) is 16.4. The maximum Gasteiger partial charge on any atom is 0.255 e. The Labute approximate surface area is 166 Å². The number of hydrogen-bond acceptors (Lipinski definition) is 6. The number of nitrogens with one attached hydrogen (secondary N) is 1. The molecule has 0 atom stereocenters. The quantitative estimate of drug-likeness (QED) is 0.693. The Kier molecular flexibility index (Phi) is 4.53. The Bertz CT molecular complexity index is 1220. The summed E-state index contributed by atoms with van der Waals surface area (Å²) in [7, 11) is -3.37. The van der Waals surface area contributed by atoms with E-state index in [4.69, 9.17) is 0 Å². The molecule has 1 aliphatic heterocycles. The first kappa shape index (κ1) is 19.0. The lowest BCUT2D eigenvalue weighted by molar-refractivity contribution is 0.102. The summed E-state index contributed by atoms with van der Waals surface area (Å²) in [5, 5.41) is 13.7. The van der Waals surface area contributed by atoms with Gasteiger partial charge >= 0.3 is 0 Å². The molecular formula is C18H17FN6O3S. The number of benzene rings is 2. The summed E-state index contributed by atoms with van der Waals surface area (Å²) in [4.78, 5) is 12.7. The van der Waals surface area contributed by atoms with E-state index in [0.29, 0.717) is 35.7 Å². The van der Waals surface area contributed by atoms with Crippen LogP contribution in [0.25, 0.3) is 5.69 Å². The van der Waals surface area contributed by atoms with Gasteiger partial charge in [0.05, 0.1) is 23.3 Å². The van der Waals surface area contributed by atoms with Crippen molar-refractivity contribution in [3.05, 3.63) is 59.2 Å². The lowest BCUT2D eigenvalue weighted by atomic mass is 10.1. The second-order valence-electron chi connectivity index (χ2n) is 6.68. The van der Waals surface area contributed by atoms with E-state index in [1.807, 2.05) is 0 Å². The molecule has 3 aromatic rings. The van der Waals surface area contributed by atoms with Gasteiger partial charge in [0.1, 0.15) is 5.82 Å². The van der Waals surface area contributed by atoms with Gasteiger partial charge < -0.3 is 5.32 Å². The summed E-state index contributed by atoms with van der Waals surface area (Å²) >= 11 is 0. The number of fused-ring (bicyclic) bond motifs is 1. The predicted octanol–water partition coefficient (Wildman–Crippen LogP) is 1.68. The van der Waals surface area contributed by atoms with E-state index < -0.39 is 21.7 Å². The van der Waals surface area contributed by atoms with Crippen LogP contribution in [0.4, 0.5) is 15.8 Å². The number of aromatic nitrogens is 4. The highest BCUT2D eigenvalue weighted by Crippen LogP contribution is 2.31. The number of carbonyl (C=O) groups is 1. The fraction of sp³-hybridized carbons (Fsp3) is 0.222. The van der Waals surface area contributed by atoms with Crippen molar-refractivity contribution in [2.24, 2.45) is 0 Å². The van der Waals surface area contributed by atoms with Crippen LogP contribution in [0.5, 0.6) is 0 Å². The van der Waals surface area contributed by atoms with E-state index in [0.717, 1.165) is 11.8 Å². The minimum atomic E-state index is -3.37. The van der Waals surface area contributed by atoms with Crippen LogP contribution in [-0.2, 0) is 16.4 Å². The maximum atomic E-state index is 14.2. The summed E-state index contributed by atoms with van der Waals surface area (Å²) in [5.74, 6) is -0.588. The molecular weight excluding hydrogens is 399 g/mol. The highest BCUT2D eigenvalue weighted by Gasteiger charge is 2.27. The summed E-state index contributed by atoms with van der Waals surface area (Å²) in [6, 6.07) is 8.90. The zero-order chi connectivity index (χ0) is 20.8. The Morgan fingerprint density at radius 3 is 2.69 bits per heavy atom. The smallest absolute Gasteiger partial charge is 0.255 e. The topological polar surface area (TPSA) is 110 Å². The van der Waals surface area contributed by atoms with Gasteiger partial charge in [-0.25, -0.2) is 12.8 Å². The average Bonchev–Trinajstić information content (AvgIpc) is 3.28. The van der Waals surface area contributed by atoms with Gasteiger partial charge in [-0.3, -0.25) is 9.10 Å². The first-order valence-corrected chi connectivity index (χ1v) is 10.6. The van der Waals surface area contributed by atoms with Gasteiger partial charge in [0.25, 0.3) is 5.91 Å². The van der Waals surface area contributed by atoms with Crippen LogP contribution >= 0.6 is 0 Å². The van der Waals surface area contributed by atoms with Gasteiger partial charge in [0, 0.05) is 12.1 Å². The van der Waals surface area contributed by atoms with Crippen molar-refractivity contribution in [2.45, 2.75) is 13.3 Å². The van der Waals surface area contributed by atoms with E-state index in [2.05, 4.69) is 20.8 Å². The van der Waals surface area contributed by atoms with Crippen molar-refractivity contribution in [1.29, 1.82) is 0 Å². The number of carbonyl (C=O) groups excluding carboxylic acids is 1. The molecule has 0 aliphatic carbocycles. The molecule has 0 saturated carbocycles. The van der Waals surface area contributed by atoms with Crippen LogP contribution < -0.4 is 9.62 Å². The number of sulfonamides is 1. The van der Waals surface area contributed by atoms with Gasteiger partial charge in [0.15, 0.2) is 5.82 Å². The fourth-order valence-corrected chi connectivity index (χ4v) is 4.22. The van der Waals surface area contributed by atoms with Crippen LogP contribution in [0.1, 0.15) is 21.7 Å². The summed E-state index contributed by atoms with van der Waals surface area (Å²) in [6.45, 7) is 2.03. The molecule has 0 fully saturated rings. The molecule has 1 amide bonds. The largest absolute Gasteiger partial charge is 0.319 e. The second kappa shape index (κ2) is 6.92. The van der Waals surface area contributed by atoms with Gasteiger partial charge in [0.2, 0.25) is 10.0 Å². The van der Waals surface area contributed by atoms with Crippen molar-refractivity contribution >= 4 is 27.3 Å². The van der Waals surface area contributed by atoms with Crippen molar-refractivity contribution in [3.8, 4) is 5.69 Å². The van der Waals surface area contributed by atoms with Crippen LogP contribution in [0.15, 0.2) is 36.4 Å². The highest BCUT2D eigenvalue weighted by atomic mass is 32.2. The predicted molar refractivity (Wildman–Crippen MR) is 104 cm³/mol. The fourth-order valence-electron chi connectivity index (χ4n) is 3.26. The van der Waals surface area contributed by atoms with Crippen molar-refractivity contribution < 1.29 is 17.6 Å². The van der Waals surface area contributed by atoms with Crippen LogP contribution in [0.2, 0.25) is 0 Å². The van der Waals surface area contributed by atoms with Crippen LogP contribution in [0.3, 0.4) is 0 Å². The van der Waals surface area contributed by atoms with E-state index in [-0.39, 0.29) is 5.69 Å². The molecule has 150 valence electrons. The van der Waals surface area contributed by atoms with E-state index >= 15 is 0 Å². The monoisotopic (exact) mass is 416 g/mol. The second-order valence-corrected chi connectivity index (χ2v) is 8.59. The molecule has 11 heteroatoms. The number of tetrazole rings is 1. The van der Waals surface area contributed by atoms with Crippen molar-refractivity contribution in [2.75, 3.05) is 22.4 Å². The van der Waals surface area contributed by atoms with Crippen molar-refractivity contribution in [3.63, 3.8) is 0 Å². The molecule has 0 radical (unpaired) electrons. The zero-order valence-electron chi connectivity index (χ0n) is 15.6. The SMILES string of the molecule is Cc1nnnn1-c1ccc(F)c(NC(=O)c2ccc3c(c2)CCN3S(C)(=O)=O)c1. The van der Waals surface area contributed by atoms with Gasteiger partial charge in [-0.1, -0.05) is 0 Å². The minimum Gasteiger partial charge on any atom is -0.319 e. The average molecular weight is 416 g/mol. The molecule has 1 aromatic heterocycles. The Morgan fingerprint density at radius 1 is 1.21 bits per heavy atom. The lowest BCUT2D eigenvalue weighted by Gasteiger charge is -2.16. The maximum absolute atomic E-state index is 14.2. The Hall–Kier alpha value is -3.34. The lowest BCUT2D eigenvalue weighted by Crippen LogP contribution is -2.27. The minimum absolute atomic E-state index is 0.0133. The van der Waals surface area contributed by atoms with Crippen LogP contribution in [-0.4, -0.2) is 47.3 Å². The molecule has 1 aliphatic rings. The summed E-state index contributed by atoms with van der Waals surface area (Å²) < 4.78 is 40.6. The van der Waals surface area contributed by atoms with E-state index in [1.54, 1.807) is 19.1 Å². The van der Waals surface area contributed by atoms with Crippen molar-refractivity contribution in [1.82, 2.24) is 20.2 Å². The number of hydrogen-bond donors (Lipinski definition) is 1. The molecule has 0 spiro atoms. The van der Waals surface area contributed by atoms with Gasteiger partial charge in [-0.15, -0.1) is 5.10 Å². The van der Waals surface area contributed by atoms with E-state index in [1.165, 1.54) is 33.3 Å². The standard InChI is InChI=1S/C18H17FN6O3S/c1-11-21-22-23-25(11)14-4-5-15(19)16(10-14)20-18(26)13-3-6-17-12(9-13)7-8-24(17)29(2,27)28/h3-6,9-10H,7-8H2,1-2H3,(H,20,26). The Morgan fingerprint density at radius 2 is 2.00 bits per heavy atom. The third-order valence-corrected chi connectivity index (χ3v) is 5.84. The van der Waals surface area contributed by atoms with Gasteiger partial charge in [-0.05, 0) is 65.7 Å². The molecule has 0 unspecified atom stereocenters. The number of nitrogens with zero attached hydrogens (tertiary/aromatic N) is 5. The number of rotatable bonds is 4. The third kappa shape index (κ3) is 3.56. The normalized spacial score (nSPS) is 13.4. The third-order valence-electron chi connectivity index (χ3n) is 4.66. The highest BCUT2D eigenvalue weighted by molar-refractivity contribution is 7.92. The van der Waals surface area contributed by atoms with E-state index in [9.17, 15) is 17.6 Å². The molecule has 2 heterocycles. The Balaban J connectivity index is 1.60. The number of amides is 1. The molecule has 4 rings (SSSR count). The number of anilines is 2. The molecule has 9 nitrogen and oxygen atoms in total. The number of aryl methyl sites for hydroxylation is 1. The molecule has 1 N–H and O–H groups in total. The van der Waals surface area contributed by atoms with Crippen LogP contribution in [0, 0.1) is 12.7 Å². The molecule has 29 heavy (non-hydrogen) atoms. The molecule has 0 bridgehead atoms. The van der Waals surface area contributed by atoms with Gasteiger partial charge in [-0.2, -0.15) is 4.68 Å². The first-order chi connectivity index (χ1) is 13.7. The molecule has 2 aromatic carbocycles. The first-order valence-electron chi connectivity index (χ1n) is 8.71. The summed E-state index contributed by atoms with van der Waals surface area (Å²) in [5.41, 5.74) is 2.11. The molecule has 0 saturated heterocycles. The summed E-state index contributed by atoms with van der Waals surface area (Å²) in [6.07, 6.45) is 1.65. The number of halogens is 1.